The fourth-order valence-electron chi connectivity index (χ4n) is 2.30. The van der Waals surface area contributed by atoms with E-state index in [-0.39, 0.29) is 29.5 Å². The number of nitrogens with zero attached hydrogens (tertiary/aromatic N) is 2. The molecule has 8 heteroatoms. The number of carbonyl (C=O) groups excluding carboxylic acids is 3. The van der Waals surface area contributed by atoms with Crippen LogP contribution >= 0.6 is 11.6 Å². The molecule has 1 aliphatic heterocycles. The molecule has 3 amide bonds. The Hall–Kier alpha value is -2.67. The molecule has 0 aliphatic carbocycles. The lowest BCUT2D eigenvalue weighted by atomic mass is 10.1. The van der Waals surface area contributed by atoms with Gasteiger partial charge in [0.15, 0.2) is 0 Å². The molecule has 0 bridgehead atoms. The maximum absolute atomic E-state index is 12.3. The van der Waals surface area contributed by atoms with Gasteiger partial charge in [-0.2, -0.15) is 5.10 Å². The van der Waals surface area contributed by atoms with E-state index in [0.29, 0.717) is 0 Å². The lowest BCUT2D eigenvalue weighted by molar-refractivity contribution is -0.134. The van der Waals surface area contributed by atoms with Crippen LogP contribution in [-0.4, -0.2) is 33.5 Å². The van der Waals surface area contributed by atoms with Crippen LogP contribution in [0.3, 0.4) is 0 Å². The predicted molar refractivity (Wildman–Crippen MR) is 82.2 cm³/mol. The Morgan fingerprint density at radius 3 is 2.74 bits per heavy atom. The van der Waals surface area contributed by atoms with Crippen LogP contribution in [0, 0.1) is 0 Å². The van der Waals surface area contributed by atoms with Crippen molar-refractivity contribution in [1.82, 2.24) is 20.4 Å². The molecule has 0 spiro atoms. The molecule has 118 valence electrons. The molecular formula is C15H13ClN4O3. The highest BCUT2D eigenvalue weighted by Gasteiger charge is 2.29. The first-order valence-electron chi connectivity index (χ1n) is 7.00. The Bertz CT molecular complexity index is 772. The fourth-order valence-corrected chi connectivity index (χ4v) is 2.58. The minimum absolute atomic E-state index is 0.154. The third-order valence-electron chi connectivity index (χ3n) is 3.50. The first-order chi connectivity index (χ1) is 11.1. The van der Waals surface area contributed by atoms with E-state index in [4.69, 9.17) is 11.6 Å². The van der Waals surface area contributed by atoms with Gasteiger partial charge in [-0.1, -0.05) is 29.8 Å². The quantitative estimate of drug-likeness (QED) is 0.822. The lowest BCUT2D eigenvalue weighted by Crippen LogP contribution is -2.52. The second kappa shape index (κ2) is 6.21. The highest BCUT2D eigenvalue weighted by atomic mass is 35.5. The summed E-state index contributed by atoms with van der Waals surface area (Å²) in [6.45, 7) is 0. The zero-order chi connectivity index (χ0) is 16.4. The van der Waals surface area contributed by atoms with E-state index in [9.17, 15) is 14.4 Å². The maximum Gasteiger partial charge on any atom is 0.256 e. The molecule has 0 unspecified atom stereocenters. The minimum atomic E-state index is -0.753. The number of hydrogen-bond donors (Lipinski definition) is 2. The van der Waals surface area contributed by atoms with Crippen LogP contribution in [0.4, 0.5) is 0 Å². The van der Waals surface area contributed by atoms with Crippen molar-refractivity contribution in [3.63, 3.8) is 0 Å². The average molecular weight is 333 g/mol. The molecule has 1 atom stereocenters. The van der Waals surface area contributed by atoms with Gasteiger partial charge < -0.3 is 5.32 Å². The lowest BCUT2D eigenvalue weighted by Gasteiger charge is -2.21. The van der Waals surface area contributed by atoms with Gasteiger partial charge in [-0.05, 0) is 18.6 Å². The first-order valence-corrected chi connectivity index (χ1v) is 7.37. The number of para-hydroxylation sites is 1. The number of benzene rings is 1. The van der Waals surface area contributed by atoms with E-state index in [0.717, 1.165) is 5.69 Å². The number of rotatable bonds is 3. The van der Waals surface area contributed by atoms with Crippen LogP contribution in [0.25, 0.3) is 5.69 Å². The third kappa shape index (κ3) is 3.09. The van der Waals surface area contributed by atoms with Gasteiger partial charge in [0.2, 0.25) is 11.8 Å². The zero-order valence-corrected chi connectivity index (χ0v) is 12.7. The number of amides is 3. The fraction of sp³-hybridized carbons (Fsp3) is 0.200. The number of carbonyl (C=O) groups is 3. The van der Waals surface area contributed by atoms with E-state index in [1.807, 2.05) is 18.2 Å². The van der Waals surface area contributed by atoms with Crippen LogP contribution < -0.4 is 10.6 Å². The molecule has 2 aromatic rings. The summed E-state index contributed by atoms with van der Waals surface area (Å²) in [5.74, 6) is -1.36. The number of aromatic nitrogens is 2. The molecule has 2 heterocycles. The molecule has 1 fully saturated rings. The van der Waals surface area contributed by atoms with Crippen LogP contribution in [-0.2, 0) is 9.59 Å². The Labute approximate surface area is 136 Å². The zero-order valence-electron chi connectivity index (χ0n) is 12.0. The maximum atomic E-state index is 12.3. The SMILES string of the molecule is O=C1CC[C@@H](NC(=O)c2cnn(-c3ccccc3)c2Cl)C(=O)N1. The van der Waals surface area contributed by atoms with E-state index in [1.165, 1.54) is 10.9 Å². The van der Waals surface area contributed by atoms with Crippen molar-refractivity contribution in [1.29, 1.82) is 0 Å². The van der Waals surface area contributed by atoms with Crippen LogP contribution in [0.15, 0.2) is 36.5 Å². The van der Waals surface area contributed by atoms with Crippen molar-refractivity contribution in [2.75, 3.05) is 0 Å². The van der Waals surface area contributed by atoms with Crippen molar-refractivity contribution < 1.29 is 14.4 Å². The minimum Gasteiger partial charge on any atom is -0.340 e. The van der Waals surface area contributed by atoms with Gasteiger partial charge in [-0.25, -0.2) is 4.68 Å². The molecule has 1 aromatic carbocycles. The van der Waals surface area contributed by atoms with E-state index in [1.54, 1.807) is 12.1 Å². The molecular weight excluding hydrogens is 320 g/mol. The normalized spacial score (nSPS) is 17.7. The summed E-state index contributed by atoms with van der Waals surface area (Å²) in [4.78, 5) is 35.1. The van der Waals surface area contributed by atoms with Gasteiger partial charge in [0.25, 0.3) is 5.91 Å². The largest absolute Gasteiger partial charge is 0.340 e. The Morgan fingerprint density at radius 2 is 2.04 bits per heavy atom. The number of halogens is 1. The molecule has 1 aromatic heterocycles. The second-order valence-electron chi connectivity index (χ2n) is 5.07. The highest BCUT2D eigenvalue weighted by molar-refractivity contribution is 6.33. The summed E-state index contributed by atoms with van der Waals surface area (Å²) in [7, 11) is 0. The molecule has 3 rings (SSSR count). The second-order valence-corrected chi connectivity index (χ2v) is 5.43. The number of imide groups is 1. The summed E-state index contributed by atoms with van der Waals surface area (Å²) in [5.41, 5.74) is 0.887. The van der Waals surface area contributed by atoms with Crippen LogP contribution in [0.1, 0.15) is 23.2 Å². The van der Waals surface area contributed by atoms with Gasteiger partial charge in [-0.15, -0.1) is 0 Å². The van der Waals surface area contributed by atoms with Crippen molar-refractivity contribution in [3.05, 3.63) is 47.2 Å². The Balaban J connectivity index is 1.77. The number of hydrogen-bond acceptors (Lipinski definition) is 4. The predicted octanol–water partition coefficient (Wildman–Crippen LogP) is 1.06. The standard InChI is InChI=1S/C15H13ClN4O3/c16-13-10(8-17-20(13)9-4-2-1-3-5-9)14(22)18-11-6-7-12(21)19-15(11)23/h1-5,8,11H,6-7H2,(H,18,22)(H,19,21,23)/t11-/m1/s1. The molecule has 0 radical (unpaired) electrons. The topological polar surface area (TPSA) is 93.1 Å². The van der Waals surface area contributed by atoms with E-state index >= 15 is 0 Å². The van der Waals surface area contributed by atoms with E-state index in [2.05, 4.69) is 15.7 Å². The van der Waals surface area contributed by atoms with Gasteiger partial charge in [-0.3, -0.25) is 19.7 Å². The monoisotopic (exact) mass is 332 g/mol. The van der Waals surface area contributed by atoms with Gasteiger partial charge >= 0.3 is 0 Å². The molecule has 0 saturated carbocycles. The van der Waals surface area contributed by atoms with Gasteiger partial charge in [0.05, 0.1) is 17.4 Å². The molecule has 23 heavy (non-hydrogen) atoms. The Morgan fingerprint density at radius 1 is 1.30 bits per heavy atom. The smallest absolute Gasteiger partial charge is 0.256 e. The van der Waals surface area contributed by atoms with Crippen molar-refractivity contribution >= 4 is 29.3 Å². The summed E-state index contributed by atoms with van der Waals surface area (Å²) in [6, 6.07) is 8.38. The van der Waals surface area contributed by atoms with Gasteiger partial charge in [0.1, 0.15) is 11.2 Å². The summed E-state index contributed by atoms with van der Waals surface area (Å²) >= 11 is 6.22. The third-order valence-corrected chi connectivity index (χ3v) is 3.86. The van der Waals surface area contributed by atoms with Crippen LogP contribution in [0.2, 0.25) is 5.15 Å². The summed E-state index contributed by atoms with van der Waals surface area (Å²) < 4.78 is 1.43. The number of nitrogens with one attached hydrogen (secondary N) is 2. The van der Waals surface area contributed by atoms with Crippen molar-refractivity contribution in [2.24, 2.45) is 0 Å². The Kier molecular flexibility index (Phi) is 4.12. The molecule has 2 N–H and O–H groups in total. The molecule has 7 nitrogen and oxygen atoms in total. The van der Waals surface area contributed by atoms with E-state index < -0.39 is 17.9 Å². The van der Waals surface area contributed by atoms with Crippen LogP contribution in [0.5, 0.6) is 0 Å². The number of piperidine rings is 1. The van der Waals surface area contributed by atoms with Gasteiger partial charge in [0, 0.05) is 6.42 Å². The van der Waals surface area contributed by atoms with Crippen molar-refractivity contribution in [2.45, 2.75) is 18.9 Å². The van der Waals surface area contributed by atoms with Crippen molar-refractivity contribution in [3.8, 4) is 5.69 Å². The molecule has 1 saturated heterocycles. The first kappa shape index (κ1) is 15.2. The average Bonchev–Trinajstić information content (AvgIpc) is 2.92. The summed E-state index contributed by atoms with van der Waals surface area (Å²) in [5, 5.41) is 9.01. The highest BCUT2D eigenvalue weighted by Crippen LogP contribution is 2.20. The summed E-state index contributed by atoms with van der Waals surface area (Å²) in [6.07, 6.45) is 1.80. The molecule has 1 aliphatic rings.